The number of fused-ring (bicyclic) bond motifs is 1. The van der Waals surface area contributed by atoms with Crippen LogP contribution >= 0.6 is 11.3 Å². The van der Waals surface area contributed by atoms with Crippen LogP contribution < -0.4 is 4.74 Å². The van der Waals surface area contributed by atoms with E-state index in [2.05, 4.69) is 9.97 Å². The van der Waals surface area contributed by atoms with Crippen LogP contribution in [0.5, 0.6) is 11.6 Å². The number of ether oxygens (including phenoxy) is 1. The van der Waals surface area contributed by atoms with Gasteiger partial charge < -0.3 is 4.74 Å². The predicted octanol–water partition coefficient (Wildman–Crippen LogP) is 5.09. The maximum atomic E-state index is 12.8. The summed E-state index contributed by atoms with van der Waals surface area (Å²) in [5, 5.41) is 14.3. The number of nitrogens with zero attached hydrogens (tertiary/aromatic N) is 4. The van der Waals surface area contributed by atoms with Gasteiger partial charge >= 0.3 is 5.69 Å². The predicted molar refractivity (Wildman–Crippen MR) is 126 cm³/mol. The molecule has 2 aromatic heterocycles. The van der Waals surface area contributed by atoms with Crippen molar-refractivity contribution >= 4 is 38.0 Å². The second kappa shape index (κ2) is 9.22. The third-order valence-electron chi connectivity index (χ3n) is 4.99. The third-order valence-corrected chi connectivity index (χ3v) is 7.90. The summed E-state index contributed by atoms with van der Waals surface area (Å²) in [6.07, 6.45) is 0. The Labute approximate surface area is 194 Å². The first-order valence-corrected chi connectivity index (χ1v) is 12.4. The second-order valence-corrected chi connectivity index (χ2v) is 9.81. The molecule has 4 rings (SSSR count). The van der Waals surface area contributed by atoms with E-state index >= 15 is 0 Å². The lowest BCUT2D eigenvalue weighted by Gasteiger charge is -2.18. The van der Waals surface area contributed by atoms with Gasteiger partial charge in [-0.3, -0.25) is 10.1 Å². The molecule has 0 fully saturated rings. The van der Waals surface area contributed by atoms with Crippen LogP contribution in [-0.2, 0) is 10.0 Å². The molecule has 0 N–H and O–H groups in total. The first-order valence-electron chi connectivity index (χ1n) is 10.1. The van der Waals surface area contributed by atoms with Gasteiger partial charge in [0.1, 0.15) is 0 Å². The number of nitro groups is 1. The van der Waals surface area contributed by atoms with Gasteiger partial charge in [0, 0.05) is 19.2 Å². The van der Waals surface area contributed by atoms with Crippen molar-refractivity contribution in [3.8, 4) is 22.3 Å². The van der Waals surface area contributed by atoms with Crippen LogP contribution in [0.3, 0.4) is 0 Å². The summed E-state index contributed by atoms with van der Waals surface area (Å²) in [5.74, 6) is 0.466. The Hall–Kier alpha value is -3.41. The fraction of sp³-hybridized carbons (Fsp3) is 0.182. The molecule has 4 aromatic rings. The quantitative estimate of drug-likeness (QED) is 0.253. The normalized spacial score (nSPS) is 11.7. The molecule has 2 aromatic carbocycles. The molecular formula is C22H20N4O5S2. The monoisotopic (exact) mass is 484 g/mol. The summed E-state index contributed by atoms with van der Waals surface area (Å²) >= 11 is 1.46. The third kappa shape index (κ3) is 4.42. The summed E-state index contributed by atoms with van der Waals surface area (Å²) < 4.78 is 32.8. The Bertz CT molecular complexity index is 1420. The molecule has 0 aliphatic carbocycles. The van der Waals surface area contributed by atoms with Crippen molar-refractivity contribution < 1.29 is 18.1 Å². The van der Waals surface area contributed by atoms with Crippen molar-refractivity contribution in [1.82, 2.24) is 14.3 Å². The number of nitro benzene ring substituents is 1. The summed E-state index contributed by atoms with van der Waals surface area (Å²) in [6.45, 7) is 3.92. The molecule has 33 heavy (non-hydrogen) atoms. The van der Waals surface area contributed by atoms with E-state index in [9.17, 15) is 18.5 Å². The van der Waals surface area contributed by atoms with Crippen molar-refractivity contribution in [3.05, 3.63) is 70.1 Å². The second-order valence-electron chi connectivity index (χ2n) is 6.92. The molecule has 9 nitrogen and oxygen atoms in total. The Morgan fingerprint density at radius 3 is 2.48 bits per heavy atom. The fourth-order valence-electron chi connectivity index (χ4n) is 3.34. The van der Waals surface area contributed by atoms with Gasteiger partial charge in [-0.05, 0) is 35.7 Å². The van der Waals surface area contributed by atoms with Gasteiger partial charge in [0.15, 0.2) is 5.82 Å². The van der Waals surface area contributed by atoms with E-state index in [4.69, 9.17) is 4.74 Å². The number of hydrogen-bond donors (Lipinski definition) is 0. The van der Waals surface area contributed by atoms with Crippen LogP contribution in [0.15, 0.2) is 64.9 Å². The van der Waals surface area contributed by atoms with Crippen molar-refractivity contribution in [1.29, 1.82) is 0 Å². The average molecular weight is 485 g/mol. The van der Waals surface area contributed by atoms with Gasteiger partial charge in [-0.2, -0.15) is 9.29 Å². The number of para-hydroxylation sites is 1. The molecule has 0 spiro atoms. The van der Waals surface area contributed by atoms with E-state index in [-0.39, 0.29) is 29.6 Å². The molecule has 0 aliphatic rings. The molecule has 0 bridgehead atoms. The van der Waals surface area contributed by atoms with E-state index in [0.29, 0.717) is 16.7 Å². The summed E-state index contributed by atoms with van der Waals surface area (Å²) in [5.41, 5.74) is 0.151. The van der Waals surface area contributed by atoms with Gasteiger partial charge in [0.25, 0.3) is 0 Å². The zero-order chi connectivity index (χ0) is 23.6. The zero-order valence-electron chi connectivity index (χ0n) is 17.8. The molecule has 0 aliphatic heterocycles. The summed E-state index contributed by atoms with van der Waals surface area (Å²) in [7, 11) is -3.87. The SMILES string of the molecule is CCN(CC)S(=O)(=O)c1ccc(Oc2nc(-c3cccs3)nc3ccccc23)c([N+](=O)[O-])c1. The Kier molecular flexibility index (Phi) is 6.36. The molecule has 0 saturated heterocycles. The minimum Gasteiger partial charge on any atom is -0.431 e. The average Bonchev–Trinajstić information content (AvgIpc) is 3.34. The molecule has 0 saturated carbocycles. The molecule has 11 heteroatoms. The minimum absolute atomic E-state index is 0.112. The van der Waals surface area contributed by atoms with Crippen LogP contribution in [0.25, 0.3) is 21.6 Å². The van der Waals surface area contributed by atoms with E-state index in [0.717, 1.165) is 10.9 Å². The highest BCUT2D eigenvalue weighted by atomic mass is 32.2. The molecule has 0 atom stereocenters. The van der Waals surface area contributed by atoms with Gasteiger partial charge in [-0.25, -0.2) is 13.4 Å². The van der Waals surface area contributed by atoms with Crippen LogP contribution in [0.4, 0.5) is 5.69 Å². The smallest absolute Gasteiger partial charge is 0.312 e. The van der Waals surface area contributed by atoms with Gasteiger partial charge in [-0.15, -0.1) is 11.3 Å². The molecule has 0 amide bonds. The van der Waals surface area contributed by atoms with E-state index in [1.807, 2.05) is 23.6 Å². The van der Waals surface area contributed by atoms with Crippen molar-refractivity contribution in [3.63, 3.8) is 0 Å². The highest BCUT2D eigenvalue weighted by Crippen LogP contribution is 2.37. The Morgan fingerprint density at radius 2 is 1.82 bits per heavy atom. The molecule has 0 unspecified atom stereocenters. The number of aromatic nitrogens is 2. The molecule has 170 valence electrons. The van der Waals surface area contributed by atoms with Crippen LogP contribution in [-0.4, -0.2) is 40.7 Å². The first-order chi connectivity index (χ1) is 15.8. The lowest BCUT2D eigenvalue weighted by molar-refractivity contribution is -0.385. The highest BCUT2D eigenvalue weighted by molar-refractivity contribution is 7.89. The minimum atomic E-state index is -3.87. The number of hydrogen-bond acceptors (Lipinski definition) is 8. The van der Waals surface area contributed by atoms with Crippen molar-refractivity contribution in [2.24, 2.45) is 0 Å². The number of benzene rings is 2. The van der Waals surface area contributed by atoms with E-state index in [1.54, 1.807) is 32.0 Å². The van der Waals surface area contributed by atoms with Crippen LogP contribution in [0.1, 0.15) is 13.8 Å². The van der Waals surface area contributed by atoms with Crippen LogP contribution in [0.2, 0.25) is 0 Å². The molecule has 2 heterocycles. The Morgan fingerprint density at radius 1 is 1.06 bits per heavy atom. The topological polar surface area (TPSA) is 116 Å². The maximum Gasteiger partial charge on any atom is 0.312 e. The lowest BCUT2D eigenvalue weighted by Crippen LogP contribution is -2.30. The fourth-order valence-corrected chi connectivity index (χ4v) is 5.48. The van der Waals surface area contributed by atoms with Gasteiger partial charge in [-0.1, -0.05) is 32.0 Å². The zero-order valence-corrected chi connectivity index (χ0v) is 19.5. The lowest BCUT2D eigenvalue weighted by atomic mass is 10.2. The van der Waals surface area contributed by atoms with E-state index in [1.165, 1.54) is 27.8 Å². The number of rotatable bonds is 8. The van der Waals surface area contributed by atoms with Gasteiger partial charge in [0.05, 0.1) is 25.6 Å². The number of sulfonamides is 1. The largest absolute Gasteiger partial charge is 0.431 e. The van der Waals surface area contributed by atoms with Gasteiger partial charge in [0.2, 0.25) is 21.7 Å². The van der Waals surface area contributed by atoms with E-state index < -0.39 is 20.6 Å². The highest BCUT2D eigenvalue weighted by Gasteiger charge is 2.27. The van der Waals surface area contributed by atoms with Crippen molar-refractivity contribution in [2.45, 2.75) is 18.7 Å². The maximum absolute atomic E-state index is 12.8. The molecule has 0 radical (unpaired) electrons. The Balaban J connectivity index is 1.82. The summed E-state index contributed by atoms with van der Waals surface area (Å²) in [6, 6.07) is 14.5. The molecular weight excluding hydrogens is 464 g/mol. The van der Waals surface area contributed by atoms with Crippen LogP contribution in [0, 0.1) is 10.1 Å². The standard InChI is InChI=1S/C22H20N4O5S2/c1-3-25(4-2)33(29,30)15-11-12-19(18(14-15)26(27)28)31-22-16-8-5-6-9-17(16)23-21(24-22)20-10-7-13-32-20/h5-14H,3-4H2,1-2H3. The first kappa shape index (κ1) is 22.8. The van der Waals surface area contributed by atoms with Crippen molar-refractivity contribution in [2.75, 3.05) is 13.1 Å². The summed E-state index contributed by atoms with van der Waals surface area (Å²) in [4.78, 5) is 20.8. The number of thiophene rings is 1.